The van der Waals surface area contributed by atoms with Crippen LogP contribution in [0.3, 0.4) is 0 Å². The van der Waals surface area contributed by atoms with Crippen LogP contribution < -0.4 is 0 Å². The van der Waals surface area contributed by atoms with Crippen molar-refractivity contribution in [1.82, 2.24) is 44.9 Å². The summed E-state index contributed by atoms with van der Waals surface area (Å²) in [6.45, 7) is 1.23. The largest absolute Gasteiger partial charge is 0.507 e. The van der Waals surface area contributed by atoms with E-state index in [0.717, 1.165) is 16.8 Å². The van der Waals surface area contributed by atoms with Crippen LogP contribution in [0.4, 0.5) is 35.1 Å². The molecule has 0 aliphatic rings. The third-order valence-electron chi connectivity index (χ3n) is 5.04. The second kappa shape index (κ2) is 8.35. The van der Waals surface area contributed by atoms with E-state index in [4.69, 9.17) is 0 Å². The summed E-state index contributed by atoms with van der Waals surface area (Å²) in [5.41, 5.74) is -3.44. The second-order valence-corrected chi connectivity index (χ2v) is 9.61. The molecule has 4 rings (SSSR count). The molecule has 0 atom stereocenters. The lowest BCUT2D eigenvalue weighted by Gasteiger charge is -2.17. The Morgan fingerprint density at radius 2 is 1.62 bits per heavy atom. The van der Waals surface area contributed by atoms with E-state index in [1.54, 1.807) is 0 Å². The van der Waals surface area contributed by atoms with Crippen LogP contribution in [0, 0.1) is 0 Å². The standard InChI is InChI=1S/C17H11F8N9O2S/c1-3-37(35,36)9-4-7(12-30-31-32-34(12)17(23,24)25)6-26-11(9)14-27-8-5-10(15(18,19)16(20,21)22)28-29-13(8)33(14)2/h4-6H,3H2,1-2H3. The van der Waals surface area contributed by atoms with Crippen LogP contribution in [-0.2, 0) is 29.1 Å². The maximum atomic E-state index is 13.7. The third-order valence-corrected chi connectivity index (χ3v) is 6.78. The van der Waals surface area contributed by atoms with Crippen molar-refractivity contribution >= 4 is 21.0 Å². The average molecular weight is 557 g/mol. The number of hydrogen-bond acceptors (Lipinski definition) is 9. The van der Waals surface area contributed by atoms with Gasteiger partial charge in [0.05, 0.1) is 10.6 Å². The number of sulfone groups is 1. The first-order valence-electron chi connectivity index (χ1n) is 9.73. The SMILES string of the molecule is CCS(=O)(=O)c1cc(-c2nnnn2C(F)(F)F)cnc1-c1nc2cc(C(F)(F)C(F)(F)F)nnc2n1C. The van der Waals surface area contributed by atoms with Crippen molar-refractivity contribution in [3.63, 3.8) is 0 Å². The van der Waals surface area contributed by atoms with Crippen LogP contribution in [0.2, 0.25) is 0 Å². The summed E-state index contributed by atoms with van der Waals surface area (Å²) in [6.07, 6.45) is -10.2. The number of halogens is 8. The normalized spacial score (nSPS) is 13.5. The molecule has 0 amide bonds. The van der Waals surface area contributed by atoms with E-state index in [0.29, 0.717) is 6.07 Å². The van der Waals surface area contributed by atoms with Gasteiger partial charge in [-0.3, -0.25) is 4.98 Å². The first-order chi connectivity index (χ1) is 17.0. The molecule has 0 aliphatic heterocycles. The molecule has 0 radical (unpaired) electrons. The average Bonchev–Trinajstić information content (AvgIpc) is 3.43. The van der Waals surface area contributed by atoms with Crippen LogP contribution >= 0.6 is 0 Å². The van der Waals surface area contributed by atoms with Crippen molar-refractivity contribution in [2.75, 3.05) is 5.75 Å². The molecule has 4 aromatic heterocycles. The molecule has 198 valence electrons. The smallest absolute Gasteiger partial charge is 0.309 e. The Morgan fingerprint density at radius 3 is 2.22 bits per heavy atom. The maximum absolute atomic E-state index is 13.7. The Labute approximate surface area is 200 Å². The predicted octanol–water partition coefficient (Wildman–Crippen LogP) is 3.00. The summed E-state index contributed by atoms with van der Waals surface area (Å²) in [7, 11) is -3.00. The van der Waals surface area contributed by atoms with E-state index >= 15 is 0 Å². The number of rotatable bonds is 5. The zero-order valence-corrected chi connectivity index (χ0v) is 19.0. The Morgan fingerprint density at radius 1 is 0.946 bits per heavy atom. The minimum atomic E-state index is -5.97. The van der Waals surface area contributed by atoms with Gasteiger partial charge in [0, 0.05) is 18.8 Å². The summed E-state index contributed by atoms with van der Waals surface area (Å²) in [6, 6.07) is 1.14. The van der Waals surface area contributed by atoms with E-state index in [2.05, 4.69) is 35.7 Å². The second-order valence-electron chi connectivity index (χ2n) is 7.36. The highest BCUT2D eigenvalue weighted by atomic mass is 32.2. The lowest BCUT2D eigenvalue weighted by atomic mass is 10.2. The van der Waals surface area contributed by atoms with Gasteiger partial charge in [0.2, 0.25) is 0 Å². The Bertz CT molecular complexity index is 1610. The highest BCUT2D eigenvalue weighted by Crippen LogP contribution is 2.43. The topological polar surface area (TPSA) is 134 Å². The van der Waals surface area contributed by atoms with Gasteiger partial charge >= 0.3 is 18.4 Å². The number of aromatic nitrogens is 9. The monoisotopic (exact) mass is 557 g/mol. The lowest BCUT2D eigenvalue weighted by Crippen LogP contribution is -2.34. The van der Waals surface area contributed by atoms with E-state index in [9.17, 15) is 43.5 Å². The Balaban J connectivity index is 1.93. The zero-order chi connectivity index (χ0) is 27.6. The summed E-state index contributed by atoms with van der Waals surface area (Å²) < 4.78 is 131. The highest BCUT2D eigenvalue weighted by Gasteiger charge is 2.60. The van der Waals surface area contributed by atoms with Crippen LogP contribution in [-0.4, -0.2) is 65.3 Å². The summed E-state index contributed by atoms with van der Waals surface area (Å²) >= 11 is 0. The van der Waals surface area contributed by atoms with Gasteiger partial charge in [-0.1, -0.05) is 6.92 Å². The van der Waals surface area contributed by atoms with E-state index in [1.165, 1.54) is 14.0 Å². The molecule has 4 heterocycles. The lowest BCUT2D eigenvalue weighted by molar-refractivity contribution is -0.291. The number of fused-ring (bicyclic) bond motifs is 1. The van der Waals surface area contributed by atoms with Crippen LogP contribution in [0.15, 0.2) is 23.2 Å². The summed E-state index contributed by atoms with van der Waals surface area (Å²) in [5, 5.41) is 15.3. The highest BCUT2D eigenvalue weighted by molar-refractivity contribution is 7.91. The first kappa shape index (κ1) is 26.2. The number of aryl methyl sites for hydroxylation is 1. The van der Waals surface area contributed by atoms with Gasteiger partial charge in [0.1, 0.15) is 16.9 Å². The molecule has 0 unspecified atom stereocenters. The van der Waals surface area contributed by atoms with Gasteiger partial charge < -0.3 is 4.57 Å². The predicted molar refractivity (Wildman–Crippen MR) is 105 cm³/mol. The van der Waals surface area contributed by atoms with E-state index < -0.39 is 71.9 Å². The molecule has 0 saturated carbocycles. The third kappa shape index (κ3) is 4.33. The molecule has 0 saturated heterocycles. The van der Waals surface area contributed by atoms with Crippen molar-refractivity contribution in [3.05, 3.63) is 24.0 Å². The van der Waals surface area contributed by atoms with Crippen LogP contribution in [0.5, 0.6) is 0 Å². The fourth-order valence-corrected chi connectivity index (χ4v) is 4.22. The quantitative estimate of drug-likeness (QED) is 0.340. The van der Waals surface area contributed by atoms with Gasteiger partial charge in [0.15, 0.2) is 27.1 Å². The van der Waals surface area contributed by atoms with Gasteiger partial charge in [-0.05, 0) is 22.6 Å². The van der Waals surface area contributed by atoms with Crippen LogP contribution in [0.1, 0.15) is 12.6 Å². The van der Waals surface area contributed by atoms with Gasteiger partial charge in [-0.2, -0.15) is 22.0 Å². The van der Waals surface area contributed by atoms with Crippen molar-refractivity contribution in [1.29, 1.82) is 0 Å². The van der Waals surface area contributed by atoms with Crippen molar-refractivity contribution in [2.45, 2.75) is 30.2 Å². The Kier molecular flexibility index (Phi) is 5.92. The molecule has 0 N–H and O–H groups in total. The number of hydrogen-bond donors (Lipinski definition) is 0. The maximum Gasteiger partial charge on any atom is 0.507 e. The van der Waals surface area contributed by atoms with Crippen molar-refractivity contribution < 1.29 is 43.5 Å². The van der Waals surface area contributed by atoms with Gasteiger partial charge in [0.25, 0.3) is 0 Å². The van der Waals surface area contributed by atoms with Crippen molar-refractivity contribution in [3.8, 4) is 22.9 Å². The van der Waals surface area contributed by atoms with Crippen LogP contribution in [0.25, 0.3) is 34.1 Å². The molecule has 37 heavy (non-hydrogen) atoms. The molecule has 0 fully saturated rings. The molecular weight excluding hydrogens is 546 g/mol. The van der Waals surface area contributed by atoms with E-state index in [1.807, 2.05) is 0 Å². The number of pyridine rings is 1. The molecule has 0 aliphatic carbocycles. The fourth-order valence-electron chi connectivity index (χ4n) is 3.16. The van der Waals surface area contributed by atoms with Gasteiger partial charge in [-0.25, -0.2) is 13.4 Å². The van der Waals surface area contributed by atoms with E-state index in [-0.39, 0.29) is 11.5 Å². The number of tetrazole rings is 1. The first-order valence-corrected chi connectivity index (χ1v) is 11.4. The number of imidazole rings is 1. The fraction of sp³-hybridized carbons (Fsp3) is 0.353. The Hall–Kier alpha value is -3.84. The molecular formula is C17H11F8N9O2S. The minimum Gasteiger partial charge on any atom is -0.309 e. The molecule has 4 aromatic rings. The summed E-state index contributed by atoms with van der Waals surface area (Å²) in [5.74, 6) is -7.13. The van der Waals surface area contributed by atoms with Gasteiger partial charge in [-0.15, -0.1) is 33.1 Å². The molecule has 0 aromatic carbocycles. The molecule has 0 spiro atoms. The minimum absolute atomic E-state index is 0.302. The number of nitrogens with zero attached hydrogens (tertiary/aromatic N) is 9. The molecule has 11 nitrogen and oxygen atoms in total. The van der Waals surface area contributed by atoms with Crippen molar-refractivity contribution in [2.24, 2.45) is 7.05 Å². The number of alkyl halides is 8. The molecule has 20 heteroatoms. The molecule has 0 bridgehead atoms. The summed E-state index contributed by atoms with van der Waals surface area (Å²) in [4.78, 5) is 7.17. The zero-order valence-electron chi connectivity index (χ0n) is 18.2.